The number of hydrogen-bond acceptors (Lipinski definition) is 3. The molecule has 0 bridgehead atoms. The number of aliphatic hydroxyl groups excluding tert-OH is 1. The molecule has 0 saturated carbocycles. The second-order valence-electron chi connectivity index (χ2n) is 5.62. The summed E-state index contributed by atoms with van der Waals surface area (Å²) in [4.78, 5) is 15.0. The van der Waals surface area contributed by atoms with Crippen LogP contribution in [0.5, 0.6) is 0 Å². The normalized spacial score (nSPS) is 16.4. The molecule has 0 heterocycles. The molecule has 0 saturated heterocycles. The van der Waals surface area contributed by atoms with E-state index in [0.717, 1.165) is 0 Å². The predicted octanol–water partition coefficient (Wildman–Crippen LogP) is 4.83. The lowest BCUT2D eigenvalue weighted by Crippen LogP contribution is -2.21. The van der Waals surface area contributed by atoms with E-state index in [4.69, 9.17) is 23.2 Å². The average Bonchev–Trinajstić information content (AvgIpc) is 2.51. The minimum Gasteiger partial charge on any atom is -0.481 e. The maximum absolute atomic E-state index is 11.2. The number of aliphatic carboxylic acids is 1. The molecule has 0 amide bonds. The van der Waals surface area contributed by atoms with Gasteiger partial charge in [0, 0.05) is 22.2 Å². The van der Waals surface area contributed by atoms with Crippen molar-refractivity contribution < 1.29 is 15.0 Å². The van der Waals surface area contributed by atoms with Crippen LogP contribution in [0.3, 0.4) is 0 Å². The highest BCUT2D eigenvalue weighted by atomic mass is 35.5. The van der Waals surface area contributed by atoms with Crippen LogP contribution in [0.4, 0.5) is 0 Å². The second-order valence-corrected chi connectivity index (χ2v) is 6.65. The van der Waals surface area contributed by atoms with Gasteiger partial charge in [-0.3, -0.25) is 9.79 Å². The van der Waals surface area contributed by atoms with E-state index in [1.165, 1.54) is 6.20 Å². The molecule has 1 aromatic rings. The largest absolute Gasteiger partial charge is 0.481 e. The Bertz CT molecular complexity index is 634. The molecule has 0 aliphatic rings. The molecule has 1 unspecified atom stereocenters. The van der Waals surface area contributed by atoms with Gasteiger partial charge in [-0.2, -0.15) is 0 Å². The minimum absolute atomic E-state index is 0.223. The maximum Gasteiger partial charge on any atom is 0.306 e. The summed E-state index contributed by atoms with van der Waals surface area (Å²) < 4.78 is 0. The molecule has 2 N–H and O–H groups in total. The Balaban J connectivity index is 3.27. The van der Waals surface area contributed by atoms with E-state index in [1.807, 2.05) is 0 Å². The second kappa shape index (κ2) is 9.62. The number of halogens is 2. The van der Waals surface area contributed by atoms with Crippen molar-refractivity contribution in [2.24, 2.45) is 16.8 Å². The standard InChI is InChI=1S/C18H21Cl2NO3/c1-11(18(23)24)8-16(14(10-21-3)9-12(2)19)17(22)13-4-6-15(20)7-5-13/h4-7,9-11,16-17,22H,3,8H2,1-2H3,(H,23,24)/b12-9+,14-10+/t11?,16-,17+/m1/s1. The first-order valence-electron chi connectivity index (χ1n) is 7.42. The van der Waals surface area contributed by atoms with Gasteiger partial charge in [0.2, 0.25) is 0 Å². The first-order chi connectivity index (χ1) is 11.3. The van der Waals surface area contributed by atoms with E-state index in [1.54, 1.807) is 44.2 Å². The van der Waals surface area contributed by atoms with Crippen molar-refractivity contribution in [1.29, 1.82) is 0 Å². The van der Waals surface area contributed by atoms with Gasteiger partial charge in [0.25, 0.3) is 0 Å². The lowest BCUT2D eigenvalue weighted by atomic mass is 9.82. The van der Waals surface area contributed by atoms with Crippen LogP contribution in [-0.4, -0.2) is 22.9 Å². The highest BCUT2D eigenvalue weighted by Crippen LogP contribution is 2.35. The lowest BCUT2D eigenvalue weighted by molar-refractivity contribution is -0.141. The first-order valence-corrected chi connectivity index (χ1v) is 8.17. The zero-order chi connectivity index (χ0) is 18.3. The molecule has 0 aliphatic carbocycles. The summed E-state index contributed by atoms with van der Waals surface area (Å²) >= 11 is 11.8. The van der Waals surface area contributed by atoms with Crippen LogP contribution in [-0.2, 0) is 4.79 Å². The summed E-state index contributed by atoms with van der Waals surface area (Å²) in [6.45, 7) is 6.73. The number of carbonyl (C=O) groups is 1. The van der Waals surface area contributed by atoms with Gasteiger partial charge in [0.1, 0.15) is 0 Å². The van der Waals surface area contributed by atoms with Crippen molar-refractivity contribution >= 4 is 35.9 Å². The van der Waals surface area contributed by atoms with Crippen LogP contribution < -0.4 is 0 Å². The van der Waals surface area contributed by atoms with Crippen molar-refractivity contribution in [2.45, 2.75) is 26.4 Å². The van der Waals surface area contributed by atoms with E-state index in [9.17, 15) is 15.0 Å². The number of aliphatic imine (C=N–C) groups is 1. The number of benzene rings is 1. The molecular formula is C18H21Cl2NO3. The molecule has 4 nitrogen and oxygen atoms in total. The highest BCUT2D eigenvalue weighted by molar-refractivity contribution is 6.30. The zero-order valence-corrected chi connectivity index (χ0v) is 15.1. The smallest absolute Gasteiger partial charge is 0.306 e. The van der Waals surface area contributed by atoms with Crippen LogP contribution in [0, 0.1) is 11.8 Å². The predicted molar refractivity (Wildman–Crippen MR) is 98.6 cm³/mol. The number of carboxylic acid groups (broad SMARTS) is 1. The summed E-state index contributed by atoms with van der Waals surface area (Å²) in [7, 11) is 0. The lowest BCUT2D eigenvalue weighted by Gasteiger charge is -2.26. The third-order valence-corrected chi connectivity index (χ3v) is 4.02. The van der Waals surface area contributed by atoms with Gasteiger partial charge in [0.05, 0.1) is 12.0 Å². The fourth-order valence-corrected chi connectivity index (χ4v) is 2.65. The van der Waals surface area contributed by atoms with Crippen LogP contribution in [0.25, 0.3) is 0 Å². The third-order valence-electron chi connectivity index (χ3n) is 3.66. The Morgan fingerprint density at radius 1 is 1.38 bits per heavy atom. The summed E-state index contributed by atoms with van der Waals surface area (Å²) in [6, 6.07) is 6.77. The minimum atomic E-state index is -0.930. The molecule has 0 aliphatic heterocycles. The summed E-state index contributed by atoms with van der Waals surface area (Å²) in [5.41, 5.74) is 1.26. The van der Waals surface area contributed by atoms with E-state index >= 15 is 0 Å². The molecule has 130 valence electrons. The van der Waals surface area contributed by atoms with Gasteiger partial charge in [-0.25, -0.2) is 0 Å². The summed E-state index contributed by atoms with van der Waals surface area (Å²) in [5.74, 6) is -2.08. The zero-order valence-electron chi connectivity index (χ0n) is 13.6. The van der Waals surface area contributed by atoms with Gasteiger partial charge in [-0.15, -0.1) is 0 Å². The van der Waals surface area contributed by atoms with Gasteiger partial charge >= 0.3 is 5.97 Å². The topological polar surface area (TPSA) is 69.9 Å². The molecule has 24 heavy (non-hydrogen) atoms. The van der Waals surface area contributed by atoms with Crippen LogP contribution in [0.1, 0.15) is 31.9 Å². The van der Waals surface area contributed by atoms with Gasteiger partial charge in [-0.05, 0) is 49.4 Å². The molecule has 1 rings (SSSR count). The van der Waals surface area contributed by atoms with Crippen molar-refractivity contribution in [3.8, 4) is 0 Å². The van der Waals surface area contributed by atoms with E-state index in [-0.39, 0.29) is 6.42 Å². The van der Waals surface area contributed by atoms with E-state index in [2.05, 4.69) is 11.7 Å². The molecule has 6 heteroatoms. The number of carboxylic acids is 1. The van der Waals surface area contributed by atoms with Crippen molar-refractivity contribution in [3.63, 3.8) is 0 Å². The molecule has 1 aromatic carbocycles. The molecule has 0 radical (unpaired) electrons. The monoisotopic (exact) mass is 369 g/mol. The quantitative estimate of drug-likeness (QED) is 0.509. The molecular weight excluding hydrogens is 349 g/mol. The van der Waals surface area contributed by atoms with E-state index in [0.29, 0.717) is 21.2 Å². The Hall–Kier alpha value is -1.62. The number of hydrogen-bond donors (Lipinski definition) is 2. The third kappa shape index (κ3) is 6.11. The van der Waals surface area contributed by atoms with Crippen molar-refractivity contribution in [2.75, 3.05) is 0 Å². The van der Waals surface area contributed by atoms with Gasteiger partial charge in [0.15, 0.2) is 0 Å². The van der Waals surface area contributed by atoms with Crippen LogP contribution >= 0.6 is 23.2 Å². The summed E-state index contributed by atoms with van der Waals surface area (Å²) in [6.07, 6.45) is 2.45. The van der Waals surface area contributed by atoms with Crippen LogP contribution in [0.15, 0.2) is 52.1 Å². The maximum atomic E-state index is 11.2. The fourth-order valence-electron chi connectivity index (χ4n) is 2.40. The number of rotatable bonds is 8. The molecule has 0 fully saturated rings. The van der Waals surface area contributed by atoms with Gasteiger partial charge in [-0.1, -0.05) is 42.3 Å². The SMILES string of the molecule is C=N/C=C(\C=C(/C)Cl)[C@@H](CC(C)C(=O)O)[C@@H](O)c1ccc(Cl)cc1. The molecule has 0 spiro atoms. The number of aliphatic hydroxyl groups is 1. The highest BCUT2D eigenvalue weighted by Gasteiger charge is 2.28. The fraction of sp³-hybridized carbons (Fsp3) is 0.333. The Morgan fingerprint density at radius 2 is 1.96 bits per heavy atom. The van der Waals surface area contributed by atoms with E-state index < -0.39 is 23.9 Å². The van der Waals surface area contributed by atoms with Crippen LogP contribution in [0.2, 0.25) is 5.02 Å². The van der Waals surface area contributed by atoms with Crippen molar-refractivity contribution in [3.05, 3.63) is 57.7 Å². The number of allylic oxidation sites excluding steroid dienone is 2. The Labute approximate surface area is 152 Å². The average molecular weight is 370 g/mol. The number of nitrogens with zero attached hydrogens (tertiary/aromatic N) is 1. The van der Waals surface area contributed by atoms with Crippen molar-refractivity contribution in [1.82, 2.24) is 0 Å². The van der Waals surface area contributed by atoms with Gasteiger partial charge < -0.3 is 10.2 Å². The Kier molecular flexibility index (Phi) is 8.19. The molecule has 3 atom stereocenters. The summed E-state index contributed by atoms with van der Waals surface area (Å²) in [5, 5.41) is 21.1. The Morgan fingerprint density at radius 3 is 2.42 bits per heavy atom. The molecule has 0 aromatic heterocycles. The first kappa shape index (κ1) is 20.4.